The van der Waals surface area contributed by atoms with Crippen LogP contribution < -0.4 is 56.8 Å². The van der Waals surface area contributed by atoms with Gasteiger partial charge in [0.25, 0.3) is 0 Å². The van der Waals surface area contributed by atoms with E-state index in [2.05, 4.69) is 0 Å². The summed E-state index contributed by atoms with van der Waals surface area (Å²) in [4.78, 5) is 10.1. The Labute approximate surface area is 120 Å². The molecule has 0 aromatic heterocycles. The molecule has 0 atom stereocenters. The average molecular weight is 230 g/mol. The van der Waals surface area contributed by atoms with Gasteiger partial charge in [-0.1, -0.05) is 18.2 Å². The molecule has 0 amide bonds. The van der Waals surface area contributed by atoms with Crippen LogP contribution in [0, 0.1) is 5.82 Å². The van der Waals surface area contributed by atoms with Crippen molar-refractivity contribution in [3.05, 3.63) is 29.6 Å². The third-order valence-corrected chi connectivity index (χ3v) is 1.53. The third-order valence-electron chi connectivity index (χ3n) is 1.53. The van der Waals surface area contributed by atoms with Crippen molar-refractivity contribution in [2.45, 2.75) is 0 Å². The Bertz CT molecular complexity index is 339. The first-order valence-electron chi connectivity index (χ1n) is 3.39. The van der Waals surface area contributed by atoms with Crippen molar-refractivity contribution >= 4 is 18.7 Å². The summed E-state index contributed by atoms with van der Waals surface area (Å²) in [5.41, 5.74) is -1.41. The largest absolute Gasteiger partial charge is 1.00 e. The van der Waals surface area contributed by atoms with Gasteiger partial charge in [-0.15, -0.1) is 5.46 Å². The van der Waals surface area contributed by atoms with Crippen LogP contribution in [0.15, 0.2) is 18.2 Å². The number of benzene rings is 1. The Balaban J connectivity index is 0.00000169. The summed E-state index contributed by atoms with van der Waals surface area (Å²) in [6, 6.07) is 1.82. The van der Waals surface area contributed by atoms with E-state index >= 15 is 0 Å². The van der Waals surface area contributed by atoms with Crippen LogP contribution in [0.5, 0.6) is 0 Å². The van der Waals surface area contributed by atoms with Gasteiger partial charge in [-0.05, 0) is 0 Å². The molecular weight excluding hydrogens is 226 g/mol. The molecule has 0 radical (unpaired) electrons. The van der Waals surface area contributed by atoms with Gasteiger partial charge in [-0.2, -0.15) is 0 Å². The van der Waals surface area contributed by atoms with Crippen LogP contribution in [0.4, 0.5) is 17.3 Å². The summed E-state index contributed by atoms with van der Waals surface area (Å²) in [5.74, 6) is -1.15. The van der Waals surface area contributed by atoms with Crippen LogP contribution in [0.25, 0.3) is 0 Å². The van der Waals surface area contributed by atoms with Gasteiger partial charge in [-0.25, -0.2) is 4.39 Å². The quantitative estimate of drug-likeness (QED) is 0.350. The Morgan fingerprint density at radius 1 is 1.21 bits per heavy atom. The van der Waals surface area contributed by atoms with Gasteiger partial charge >= 0.3 is 58.4 Å². The topological polar surface area (TPSA) is 17.1 Å². The molecule has 0 saturated heterocycles. The molecule has 0 spiro atoms. The van der Waals surface area contributed by atoms with Crippen LogP contribution in [-0.4, -0.2) is 13.3 Å². The Morgan fingerprint density at radius 2 is 1.79 bits per heavy atom. The van der Waals surface area contributed by atoms with Gasteiger partial charge in [0.15, 0.2) is 6.29 Å². The molecule has 1 aromatic rings. The predicted molar refractivity (Wildman–Crippen MR) is 40.5 cm³/mol. The number of carbonyl (C=O) groups is 1. The van der Waals surface area contributed by atoms with E-state index in [0.717, 1.165) is 6.07 Å². The molecular formula is C7H4BF4KO. The normalized spacial score (nSPS) is 10.6. The molecule has 0 heterocycles. The van der Waals surface area contributed by atoms with Crippen molar-refractivity contribution in [2.24, 2.45) is 0 Å². The predicted octanol–water partition coefficient (Wildman–Crippen LogP) is -1.30. The fraction of sp³-hybridized carbons (Fsp3) is 0. The van der Waals surface area contributed by atoms with E-state index in [1.54, 1.807) is 0 Å². The zero-order chi connectivity index (χ0) is 10.1. The van der Waals surface area contributed by atoms with Crippen LogP contribution in [0.1, 0.15) is 10.4 Å². The second kappa shape index (κ2) is 5.41. The van der Waals surface area contributed by atoms with Crippen LogP contribution in [0.2, 0.25) is 0 Å². The average Bonchev–Trinajstić information content (AvgIpc) is 2.02. The van der Waals surface area contributed by atoms with Gasteiger partial charge in [0.05, 0.1) is 0 Å². The van der Waals surface area contributed by atoms with E-state index in [-0.39, 0.29) is 63.2 Å². The van der Waals surface area contributed by atoms with E-state index < -0.39 is 18.3 Å². The monoisotopic (exact) mass is 230 g/mol. The zero-order valence-electron chi connectivity index (χ0n) is 7.31. The number of hydrogen-bond acceptors (Lipinski definition) is 1. The fourth-order valence-electron chi connectivity index (χ4n) is 0.843. The molecule has 0 fully saturated rings. The summed E-state index contributed by atoms with van der Waals surface area (Å²) in [6.07, 6.45) is 0.169. The smallest absolute Gasteiger partial charge is 0.445 e. The van der Waals surface area contributed by atoms with E-state index in [4.69, 9.17) is 0 Å². The molecule has 1 aromatic carbocycles. The van der Waals surface area contributed by atoms with Crippen LogP contribution in [0.3, 0.4) is 0 Å². The van der Waals surface area contributed by atoms with E-state index in [0.29, 0.717) is 12.1 Å². The van der Waals surface area contributed by atoms with Crippen molar-refractivity contribution in [1.82, 2.24) is 0 Å². The minimum atomic E-state index is -5.20. The second-order valence-electron chi connectivity index (χ2n) is 2.47. The molecule has 0 aliphatic rings. The molecule has 0 saturated carbocycles. The SMILES string of the molecule is O=Cc1ccc([B-](F)(F)F)cc1F.[K+]. The molecule has 0 N–H and O–H groups in total. The maximum Gasteiger partial charge on any atom is 1.00 e. The molecule has 0 unspecified atom stereocenters. The first-order valence-corrected chi connectivity index (χ1v) is 3.39. The van der Waals surface area contributed by atoms with Gasteiger partial charge in [0, 0.05) is 5.56 Å². The summed E-state index contributed by atoms with van der Waals surface area (Å²) >= 11 is 0. The first kappa shape index (κ1) is 14.3. The number of aldehydes is 1. The standard InChI is InChI=1S/C7H4BF4O.K/c9-7-3-6(8(10,11)12)2-1-5(7)4-13;/h1-4H;/q-1;+1. The van der Waals surface area contributed by atoms with Crippen molar-refractivity contribution in [3.63, 3.8) is 0 Å². The van der Waals surface area contributed by atoms with Gasteiger partial charge in [0.1, 0.15) is 5.82 Å². The van der Waals surface area contributed by atoms with E-state index in [1.165, 1.54) is 0 Å². The Kier molecular flexibility index (Phi) is 5.53. The summed E-state index contributed by atoms with van der Waals surface area (Å²) in [6.45, 7) is -5.20. The second-order valence-corrected chi connectivity index (χ2v) is 2.47. The first-order chi connectivity index (χ1) is 5.95. The van der Waals surface area contributed by atoms with E-state index in [1.807, 2.05) is 0 Å². The molecule has 14 heavy (non-hydrogen) atoms. The minimum absolute atomic E-state index is 0. The van der Waals surface area contributed by atoms with Crippen molar-refractivity contribution in [3.8, 4) is 0 Å². The number of halogens is 4. The van der Waals surface area contributed by atoms with Crippen molar-refractivity contribution < 1.29 is 73.5 Å². The van der Waals surface area contributed by atoms with Gasteiger partial charge in [-0.3, -0.25) is 4.79 Å². The molecule has 0 bridgehead atoms. The minimum Gasteiger partial charge on any atom is -0.445 e. The van der Waals surface area contributed by atoms with Crippen LogP contribution in [-0.2, 0) is 0 Å². The Hall–Kier alpha value is 0.311. The van der Waals surface area contributed by atoms with Gasteiger partial charge < -0.3 is 12.9 Å². The Morgan fingerprint density at radius 3 is 2.14 bits per heavy atom. The molecule has 1 nitrogen and oxygen atoms in total. The van der Waals surface area contributed by atoms with Crippen molar-refractivity contribution in [1.29, 1.82) is 0 Å². The third kappa shape index (κ3) is 3.47. The number of carbonyl (C=O) groups excluding carboxylic acids is 1. The number of hydrogen-bond donors (Lipinski definition) is 0. The van der Waals surface area contributed by atoms with Gasteiger partial charge in [0.2, 0.25) is 0 Å². The zero-order valence-corrected chi connectivity index (χ0v) is 10.4. The molecule has 0 aliphatic carbocycles. The summed E-state index contributed by atoms with van der Waals surface area (Å²) in [5, 5.41) is 0. The summed E-state index contributed by atoms with van der Waals surface area (Å²) in [7, 11) is 0. The molecule has 1 rings (SSSR count). The number of rotatable bonds is 2. The summed E-state index contributed by atoms with van der Waals surface area (Å²) < 4.78 is 48.7. The molecule has 7 heteroatoms. The van der Waals surface area contributed by atoms with E-state index in [9.17, 15) is 22.1 Å². The molecule has 0 aliphatic heterocycles. The maximum absolute atomic E-state index is 12.7. The fourth-order valence-corrected chi connectivity index (χ4v) is 0.843. The van der Waals surface area contributed by atoms with Crippen molar-refractivity contribution in [2.75, 3.05) is 0 Å². The molecule has 70 valence electrons. The van der Waals surface area contributed by atoms with Crippen LogP contribution >= 0.6 is 0 Å². The maximum atomic E-state index is 12.7.